The maximum atomic E-state index is 13.9. The van der Waals surface area contributed by atoms with Crippen molar-refractivity contribution in [3.8, 4) is 0 Å². The van der Waals surface area contributed by atoms with Crippen LogP contribution in [0, 0.1) is 5.82 Å². The van der Waals surface area contributed by atoms with Gasteiger partial charge in [0.1, 0.15) is 18.0 Å². The first-order valence-corrected chi connectivity index (χ1v) is 11.3. The summed E-state index contributed by atoms with van der Waals surface area (Å²) in [6.07, 6.45) is -5.46. The molecule has 2 aromatic rings. The van der Waals surface area contributed by atoms with Crippen molar-refractivity contribution in [2.75, 3.05) is 13.1 Å². The predicted octanol–water partition coefficient (Wildman–Crippen LogP) is 4.41. The number of fused-ring (bicyclic) bond motifs is 1. The Hall–Kier alpha value is -3.63. The van der Waals surface area contributed by atoms with Gasteiger partial charge in [0, 0.05) is 25.2 Å². The molecule has 11 heteroatoms. The zero-order valence-electron chi connectivity index (χ0n) is 19.9. The lowest BCUT2D eigenvalue weighted by Crippen LogP contribution is -2.54. The maximum Gasteiger partial charge on any atom is 0.416 e. The van der Waals surface area contributed by atoms with Gasteiger partial charge in [-0.3, -0.25) is 14.5 Å². The van der Waals surface area contributed by atoms with Crippen LogP contribution in [0.1, 0.15) is 59.4 Å². The Labute approximate surface area is 205 Å². The Morgan fingerprint density at radius 1 is 1.11 bits per heavy atom. The van der Waals surface area contributed by atoms with Gasteiger partial charge in [-0.15, -0.1) is 0 Å². The minimum Gasteiger partial charge on any atom is -0.444 e. The second-order valence-corrected chi connectivity index (χ2v) is 9.84. The molecule has 0 radical (unpaired) electrons. The molecule has 2 aliphatic heterocycles. The van der Waals surface area contributed by atoms with E-state index >= 15 is 0 Å². The molecule has 2 aliphatic rings. The molecule has 0 spiro atoms. The van der Waals surface area contributed by atoms with Gasteiger partial charge >= 0.3 is 12.3 Å². The summed E-state index contributed by atoms with van der Waals surface area (Å²) in [6.45, 7) is 4.66. The van der Waals surface area contributed by atoms with Crippen LogP contribution in [0.15, 0.2) is 36.4 Å². The van der Waals surface area contributed by atoms with Gasteiger partial charge in [0.2, 0.25) is 5.91 Å². The number of carbonyl (C=O) groups excluding carboxylic acids is 3. The van der Waals surface area contributed by atoms with Gasteiger partial charge in [0.25, 0.3) is 5.91 Å². The highest BCUT2D eigenvalue weighted by Crippen LogP contribution is 2.33. The van der Waals surface area contributed by atoms with Gasteiger partial charge in [-0.2, -0.15) is 13.2 Å². The molecule has 4 rings (SSSR count). The fraction of sp³-hybridized carbons (Fsp3) is 0.400. The molecule has 1 saturated heterocycles. The fourth-order valence-electron chi connectivity index (χ4n) is 4.30. The summed E-state index contributed by atoms with van der Waals surface area (Å²) in [7, 11) is 0. The molecular weight excluding hydrogens is 482 g/mol. The van der Waals surface area contributed by atoms with E-state index in [0.717, 1.165) is 17.7 Å². The number of amides is 3. The first-order chi connectivity index (χ1) is 16.7. The highest BCUT2D eigenvalue weighted by atomic mass is 19.4. The molecule has 7 nitrogen and oxygen atoms in total. The number of nitrogens with zero attached hydrogens (tertiary/aromatic N) is 2. The molecular formula is C25H25F4N3O4. The van der Waals surface area contributed by atoms with Crippen molar-refractivity contribution >= 4 is 17.9 Å². The number of hydrogen-bond donors (Lipinski definition) is 1. The Morgan fingerprint density at radius 2 is 1.83 bits per heavy atom. The average molecular weight is 507 g/mol. The first kappa shape index (κ1) is 25.5. The van der Waals surface area contributed by atoms with Crippen molar-refractivity contribution in [3.05, 3.63) is 70.0 Å². The van der Waals surface area contributed by atoms with Crippen molar-refractivity contribution in [2.45, 2.75) is 51.7 Å². The Bertz CT molecular complexity index is 1220. The van der Waals surface area contributed by atoms with Gasteiger partial charge < -0.3 is 15.0 Å². The molecule has 2 heterocycles. The van der Waals surface area contributed by atoms with Gasteiger partial charge in [-0.1, -0.05) is 12.1 Å². The summed E-state index contributed by atoms with van der Waals surface area (Å²) in [4.78, 5) is 40.4. The maximum absolute atomic E-state index is 13.9. The van der Waals surface area contributed by atoms with Crippen LogP contribution in [0.25, 0.3) is 0 Å². The van der Waals surface area contributed by atoms with E-state index in [9.17, 15) is 31.9 Å². The molecule has 192 valence electrons. The summed E-state index contributed by atoms with van der Waals surface area (Å²) in [6, 6.07) is 6.51. The van der Waals surface area contributed by atoms with Crippen molar-refractivity contribution in [1.29, 1.82) is 0 Å². The molecule has 1 atom stereocenters. The van der Waals surface area contributed by atoms with E-state index in [4.69, 9.17) is 4.74 Å². The van der Waals surface area contributed by atoms with Gasteiger partial charge in [0.05, 0.1) is 11.6 Å². The monoisotopic (exact) mass is 507 g/mol. The van der Waals surface area contributed by atoms with E-state index in [1.807, 2.05) is 0 Å². The molecule has 1 N–H and O–H groups in total. The zero-order chi connectivity index (χ0) is 26.4. The number of benzene rings is 2. The number of hydrogen-bond acceptors (Lipinski definition) is 4. The van der Waals surface area contributed by atoms with Crippen LogP contribution in [0.3, 0.4) is 0 Å². The minimum absolute atomic E-state index is 0.0242. The summed E-state index contributed by atoms with van der Waals surface area (Å²) in [5.41, 5.74) is -0.140. The molecule has 1 unspecified atom stereocenters. The van der Waals surface area contributed by atoms with Crippen LogP contribution < -0.4 is 5.32 Å². The van der Waals surface area contributed by atoms with E-state index in [1.165, 1.54) is 9.80 Å². The smallest absolute Gasteiger partial charge is 0.416 e. The van der Waals surface area contributed by atoms with Crippen molar-refractivity contribution < 1.29 is 36.7 Å². The number of ether oxygens (including phenoxy) is 1. The van der Waals surface area contributed by atoms with Crippen LogP contribution >= 0.6 is 0 Å². The van der Waals surface area contributed by atoms with E-state index in [2.05, 4.69) is 5.32 Å². The van der Waals surface area contributed by atoms with E-state index < -0.39 is 41.2 Å². The van der Waals surface area contributed by atoms with Crippen LogP contribution in [0.2, 0.25) is 0 Å². The third kappa shape index (κ3) is 5.44. The van der Waals surface area contributed by atoms with Crippen molar-refractivity contribution in [3.63, 3.8) is 0 Å². The fourth-order valence-corrected chi connectivity index (χ4v) is 4.30. The summed E-state index contributed by atoms with van der Waals surface area (Å²) < 4.78 is 58.9. The molecule has 36 heavy (non-hydrogen) atoms. The number of nitrogens with one attached hydrogen (secondary N) is 1. The number of rotatable bonds is 3. The van der Waals surface area contributed by atoms with Crippen LogP contribution in [-0.2, 0) is 28.8 Å². The molecule has 0 bridgehead atoms. The second-order valence-electron chi connectivity index (χ2n) is 9.84. The van der Waals surface area contributed by atoms with E-state index in [-0.39, 0.29) is 31.1 Å². The summed E-state index contributed by atoms with van der Waals surface area (Å²) >= 11 is 0. The van der Waals surface area contributed by atoms with E-state index in [1.54, 1.807) is 39.0 Å². The van der Waals surface area contributed by atoms with Crippen LogP contribution in [-0.4, -0.2) is 46.4 Å². The third-order valence-electron chi connectivity index (χ3n) is 5.91. The number of carbonyl (C=O) groups is 3. The quantitative estimate of drug-likeness (QED) is 0.625. The lowest BCUT2D eigenvalue weighted by atomic mass is 9.97. The topological polar surface area (TPSA) is 79.0 Å². The van der Waals surface area contributed by atoms with Gasteiger partial charge in [0.15, 0.2) is 0 Å². The third-order valence-corrected chi connectivity index (χ3v) is 5.91. The minimum atomic E-state index is -4.74. The molecule has 2 aromatic carbocycles. The predicted molar refractivity (Wildman–Crippen MR) is 120 cm³/mol. The first-order valence-electron chi connectivity index (χ1n) is 11.3. The Balaban J connectivity index is 1.66. The zero-order valence-corrected chi connectivity index (χ0v) is 19.9. The van der Waals surface area contributed by atoms with Crippen LogP contribution in [0.4, 0.5) is 22.4 Å². The lowest BCUT2D eigenvalue weighted by molar-refractivity contribution is -0.139. The number of piperazine rings is 1. The SMILES string of the molecule is CC(C)(C)OC(=O)N1CC(=O)N(Cc2cc(F)cc(C(F)(F)F)c2)CC1c1ccc2c(c1)CNC2=O. The normalized spacial score (nSPS) is 18.2. The molecule has 3 amide bonds. The average Bonchev–Trinajstić information content (AvgIpc) is 3.13. The molecule has 0 aliphatic carbocycles. The van der Waals surface area contributed by atoms with Crippen LogP contribution in [0.5, 0.6) is 0 Å². The van der Waals surface area contributed by atoms with Gasteiger partial charge in [-0.25, -0.2) is 9.18 Å². The van der Waals surface area contributed by atoms with Crippen molar-refractivity contribution in [1.82, 2.24) is 15.1 Å². The molecule has 1 fully saturated rings. The second kappa shape index (κ2) is 9.11. The Morgan fingerprint density at radius 3 is 2.50 bits per heavy atom. The number of halogens is 4. The summed E-state index contributed by atoms with van der Waals surface area (Å²) in [5, 5.41) is 2.72. The number of alkyl halides is 3. The molecule has 0 saturated carbocycles. The standard InChI is InChI=1S/C25H25F4N3O4/c1-24(2,3)36-23(35)32-13-21(33)31(11-14-6-17(25(27,28)29)9-18(26)7-14)12-20(32)15-4-5-19-16(8-15)10-30-22(19)34/h4-9,20H,10-13H2,1-3H3,(H,30,34). The van der Waals surface area contributed by atoms with E-state index in [0.29, 0.717) is 23.7 Å². The van der Waals surface area contributed by atoms with Crippen molar-refractivity contribution in [2.24, 2.45) is 0 Å². The highest BCUT2D eigenvalue weighted by Gasteiger charge is 2.39. The van der Waals surface area contributed by atoms with Gasteiger partial charge in [-0.05, 0) is 61.7 Å². The largest absolute Gasteiger partial charge is 0.444 e. The Kier molecular flexibility index (Phi) is 6.44. The summed E-state index contributed by atoms with van der Waals surface area (Å²) in [5.74, 6) is -1.80. The lowest BCUT2D eigenvalue weighted by Gasteiger charge is -2.41. The highest BCUT2D eigenvalue weighted by molar-refractivity contribution is 5.98. The molecule has 0 aromatic heterocycles.